The second-order valence-corrected chi connectivity index (χ2v) is 4.68. The van der Waals surface area contributed by atoms with Gasteiger partial charge in [-0.15, -0.1) is 0 Å². The lowest BCUT2D eigenvalue weighted by molar-refractivity contribution is -0.134. The summed E-state index contributed by atoms with van der Waals surface area (Å²) in [5.41, 5.74) is 0. The van der Waals surface area contributed by atoms with E-state index in [2.05, 4.69) is 10.1 Å². The molecule has 1 heterocycles. The minimum absolute atomic E-state index is 0.0117. The molecule has 2 bridgehead atoms. The highest BCUT2D eigenvalue weighted by molar-refractivity contribution is 5.85. The Kier molecular flexibility index (Phi) is 3.03. The van der Waals surface area contributed by atoms with Crippen LogP contribution in [0.2, 0.25) is 0 Å². The summed E-state index contributed by atoms with van der Waals surface area (Å²) in [5, 5.41) is 2.51. The molecular weight excluding hydrogens is 208 g/mol. The quantitative estimate of drug-likeness (QED) is 0.755. The summed E-state index contributed by atoms with van der Waals surface area (Å²) in [6.07, 6.45) is 2.94. The van der Waals surface area contributed by atoms with Crippen molar-refractivity contribution in [2.75, 3.05) is 13.7 Å². The normalized spacial score (nSPS) is 29.0. The molecule has 2 aliphatic rings. The topological polar surface area (TPSA) is 58.6 Å². The molecule has 1 N–H and O–H groups in total. The van der Waals surface area contributed by atoms with Crippen LogP contribution in [0, 0.1) is 5.92 Å². The van der Waals surface area contributed by atoms with Gasteiger partial charge in [0.25, 0.3) is 0 Å². The van der Waals surface area contributed by atoms with E-state index in [0.29, 0.717) is 12.0 Å². The molecule has 1 saturated carbocycles. The Morgan fingerprint density at radius 1 is 1.44 bits per heavy atom. The number of nitrogens with zero attached hydrogens (tertiary/aromatic N) is 1. The monoisotopic (exact) mass is 226 g/mol. The number of carbonyl (C=O) groups excluding carboxylic acids is 2. The van der Waals surface area contributed by atoms with Gasteiger partial charge in [-0.2, -0.15) is 0 Å². The average molecular weight is 226 g/mol. The van der Waals surface area contributed by atoms with Gasteiger partial charge in [0.2, 0.25) is 5.91 Å². The molecule has 3 unspecified atom stereocenters. The van der Waals surface area contributed by atoms with E-state index in [0.717, 1.165) is 19.4 Å². The van der Waals surface area contributed by atoms with Gasteiger partial charge in [-0.05, 0) is 32.1 Å². The van der Waals surface area contributed by atoms with Gasteiger partial charge in [-0.1, -0.05) is 0 Å². The Labute approximate surface area is 95.1 Å². The van der Waals surface area contributed by atoms with Gasteiger partial charge >= 0.3 is 6.09 Å². The molecule has 16 heavy (non-hydrogen) atoms. The van der Waals surface area contributed by atoms with Crippen molar-refractivity contribution in [3.05, 3.63) is 0 Å². The Balaban J connectivity index is 1.90. The van der Waals surface area contributed by atoms with Crippen molar-refractivity contribution in [2.45, 2.75) is 38.3 Å². The van der Waals surface area contributed by atoms with Crippen molar-refractivity contribution in [1.82, 2.24) is 10.2 Å². The largest absolute Gasteiger partial charge is 0.453 e. The summed E-state index contributed by atoms with van der Waals surface area (Å²) in [7, 11) is 1.30. The Morgan fingerprint density at radius 3 is 2.69 bits per heavy atom. The number of piperidine rings is 1. The van der Waals surface area contributed by atoms with Gasteiger partial charge in [-0.3, -0.25) is 4.79 Å². The molecule has 0 spiro atoms. The van der Waals surface area contributed by atoms with Crippen molar-refractivity contribution < 1.29 is 14.3 Å². The highest BCUT2D eigenvalue weighted by Crippen LogP contribution is 2.37. The van der Waals surface area contributed by atoms with Crippen LogP contribution in [-0.2, 0) is 9.53 Å². The summed E-state index contributed by atoms with van der Waals surface area (Å²) in [6, 6.07) is -0.0915. The first-order valence-corrected chi connectivity index (χ1v) is 5.76. The van der Waals surface area contributed by atoms with E-state index >= 15 is 0 Å². The zero-order chi connectivity index (χ0) is 11.7. The highest BCUT2D eigenvalue weighted by atomic mass is 16.5. The van der Waals surface area contributed by atoms with Crippen molar-refractivity contribution >= 4 is 12.0 Å². The Morgan fingerprint density at radius 2 is 2.19 bits per heavy atom. The van der Waals surface area contributed by atoms with E-state index in [1.54, 1.807) is 6.92 Å². The number of fused-ring (bicyclic) bond motifs is 2. The standard InChI is InChI=1S/C11H18N2O3/c1-7(12-11(15)16-2)10(14)13-6-8-3-4-9(13)5-8/h7-9H,3-6H2,1-2H3,(H,12,15). The van der Waals surface area contributed by atoms with Crippen LogP contribution in [0.15, 0.2) is 0 Å². The third-order valence-electron chi connectivity index (χ3n) is 3.58. The summed E-state index contributed by atoms with van der Waals surface area (Å²) >= 11 is 0. The molecule has 2 fully saturated rings. The fraction of sp³-hybridized carbons (Fsp3) is 0.818. The number of hydrogen-bond donors (Lipinski definition) is 1. The Hall–Kier alpha value is -1.26. The number of rotatable bonds is 2. The summed E-state index contributed by atoms with van der Waals surface area (Å²) in [6.45, 7) is 2.56. The number of likely N-dealkylation sites (tertiary alicyclic amines) is 1. The zero-order valence-corrected chi connectivity index (χ0v) is 9.73. The number of carbonyl (C=O) groups is 2. The molecule has 0 radical (unpaired) electrons. The number of alkyl carbamates (subject to hydrolysis) is 1. The van der Waals surface area contributed by atoms with Gasteiger partial charge in [0, 0.05) is 12.6 Å². The fourth-order valence-corrected chi connectivity index (χ4v) is 2.74. The van der Waals surface area contributed by atoms with E-state index in [1.807, 2.05) is 4.90 Å². The van der Waals surface area contributed by atoms with E-state index in [4.69, 9.17) is 0 Å². The number of methoxy groups -OCH3 is 1. The van der Waals surface area contributed by atoms with Gasteiger partial charge in [0.15, 0.2) is 0 Å². The van der Waals surface area contributed by atoms with Crippen LogP contribution < -0.4 is 5.32 Å². The fourth-order valence-electron chi connectivity index (χ4n) is 2.74. The van der Waals surface area contributed by atoms with Crippen LogP contribution >= 0.6 is 0 Å². The SMILES string of the molecule is COC(=O)NC(C)C(=O)N1CC2CCC1C2. The summed E-state index contributed by atoms with van der Waals surface area (Å²) < 4.78 is 4.47. The molecule has 1 aliphatic carbocycles. The van der Waals surface area contributed by atoms with Crippen molar-refractivity contribution in [3.8, 4) is 0 Å². The average Bonchev–Trinajstić information content (AvgIpc) is 2.89. The molecule has 0 aromatic heterocycles. The third-order valence-corrected chi connectivity index (χ3v) is 3.58. The molecule has 3 atom stereocenters. The first-order chi connectivity index (χ1) is 7.61. The zero-order valence-electron chi connectivity index (χ0n) is 9.73. The summed E-state index contributed by atoms with van der Waals surface area (Å²) in [4.78, 5) is 25.0. The number of ether oxygens (including phenoxy) is 1. The predicted octanol–water partition coefficient (Wildman–Crippen LogP) is 0.742. The van der Waals surface area contributed by atoms with Crippen LogP contribution in [0.25, 0.3) is 0 Å². The molecule has 1 aliphatic heterocycles. The van der Waals surface area contributed by atoms with Gasteiger partial charge in [0.1, 0.15) is 6.04 Å². The number of nitrogens with one attached hydrogen (secondary N) is 1. The first kappa shape index (κ1) is 11.2. The van der Waals surface area contributed by atoms with E-state index in [1.165, 1.54) is 13.5 Å². The predicted molar refractivity (Wildman–Crippen MR) is 57.8 cm³/mol. The smallest absolute Gasteiger partial charge is 0.407 e. The van der Waals surface area contributed by atoms with E-state index < -0.39 is 12.1 Å². The van der Waals surface area contributed by atoms with E-state index in [9.17, 15) is 9.59 Å². The lowest BCUT2D eigenvalue weighted by Gasteiger charge is -2.29. The van der Waals surface area contributed by atoms with Crippen LogP contribution in [0.1, 0.15) is 26.2 Å². The lowest BCUT2D eigenvalue weighted by Crippen LogP contribution is -2.49. The second kappa shape index (κ2) is 4.31. The lowest BCUT2D eigenvalue weighted by atomic mass is 10.1. The molecule has 2 rings (SSSR count). The highest BCUT2D eigenvalue weighted by Gasteiger charge is 2.41. The molecular formula is C11H18N2O3. The Bertz CT molecular complexity index is 306. The third kappa shape index (κ3) is 1.99. The van der Waals surface area contributed by atoms with Crippen LogP contribution in [0.5, 0.6) is 0 Å². The molecule has 2 amide bonds. The van der Waals surface area contributed by atoms with Crippen LogP contribution in [-0.4, -0.2) is 42.6 Å². The van der Waals surface area contributed by atoms with Gasteiger partial charge in [-0.25, -0.2) is 4.79 Å². The molecule has 90 valence electrons. The van der Waals surface area contributed by atoms with E-state index in [-0.39, 0.29) is 5.91 Å². The maximum Gasteiger partial charge on any atom is 0.407 e. The van der Waals surface area contributed by atoms with Crippen molar-refractivity contribution in [2.24, 2.45) is 5.92 Å². The number of hydrogen-bond acceptors (Lipinski definition) is 3. The second-order valence-electron chi connectivity index (χ2n) is 4.68. The summed E-state index contributed by atoms with van der Waals surface area (Å²) in [5.74, 6) is 0.692. The minimum Gasteiger partial charge on any atom is -0.453 e. The van der Waals surface area contributed by atoms with Gasteiger partial charge in [0.05, 0.1) is 7.11 Å². The van der Waals surface area contributed by atoms with Gasteiger partial charge < -0.3 is 15.0 Å². The van der Waals surface area contributed by atoms with Crippen molar-refractivity contribution in [3.63, 3.8) is 0 Å². The number of amides is 2. The maximum absolute atomic E-state index is 12.0. The molecule has 5 heteroatoms. The van der Waals surface area contributed by atoms with Crippen molar-refractivity contribution in [1.29, 1.82) is 0 Å². The van der Waals surface area contributed by atoms with Crippen LogP contribution in [0.4, 0.5) is 4.79 Å². The molecule has 0 aromatic carbocycles. The van der Waals surface area contributed by atoms with Crippen LogP contribution in [0.3, 0.4) is 0 Å². The molecule has 0 aromatic rings. The molecule has 5 nitrogen and oxygen atoms in total. The first-order valence-electron chi connectivity index (χ1n) is 5.76. The minimum atomic E-state index is -0.551. The molecule has 1 saturated heterocycles. The maximum atomic E-state index is 12.0.